The van der Waals surface area contributed by atoms with Crippen molar-refractivity contribution < 1.29 is 24.6 Å². The first kappa shape index (κ1) is 17.2. The molecule has 2 amide bonds. The minimum absolute atomic E-state index is 0.0988. The minimum atomic E-state index is -1.11. The van der Waals surface area contributed by atoms with Crippen LogP contribution in [-0.4, -0.2) is 57.6 Å². The summed E-state index contributed by atoms with van der Waals surface area (Å²) in [5.41, 5.74) is 0. The summed E-state index contributed by atoms with van der Waals surface area (Å²) in [5, 5.41) is 21.1. The van der Waals surface area contributed by atoms with Gasteiger partial charge in [0.05, 0.1) is 6.10 Å². The molecule has 1 aliphatic heterocycles. The third kappa shape index (κ3) is 4.86. The fourth-order valence-corrected chi connectivity index (χ4v) is 2.40. The van der Waals surface area contributed by atoms with E-state index < -0.39 is 30.1 Å². The van der Waals surface area contributed by atoms with Gasteiger partial charge in [0, 0.05) is 19.9 Å². The number of amides is 2. The summed E-state index contributed by atoms with van der Waals surface area (Å²) in [5.74, 6) is -1.96. The predicted molar refractivity (Wildman–Crippen MR) is 75.4 cm³/mol. The van der Waals surface area contributed by atoms with E-state index in [2.05, 4.69) is 11.9 Å². The van der Waals surface area contributed by atoms with Crippen LogP contribution in [0.5, 0.6) is 0 Å². The fourth-order valence-electron chi connectivity index (χ4n) is 2.40. The van der Waals surface area contributed by atoms with Crippen molar-refractivity contribution in [3.8, 4) is 0 Å². The van der Waals surface area contributed by atoms with Crippen LogP contribution in [0.2, 0.25) is 0 Å². The number of carbonyl (C=O) groups excluding carboxylic acids is 2. The first-order valence-corrected chi connectivity index (χ1v) is 6.96. The summed E-state index contributed by atoms with van der Waals surface area (Å²) in [6, 6.07) is -1.80. The molecule has 3 N–H and O–H groups in total. The van der Waals surface area contributed by atoms with Crippen LogP contribution in [0.15, 0.2) is 12.7 Å². The number of nitrogens with one attached hydrogen (secondary N) is 1. The number of allylic oxidation sites excluding steroid dienone is 1. The number of unbranched alkanes of at least 4 members (excludes halogenated alkanes) is 1. The third-order valence-corrected chi connectivity index (χ3v) is 3.50. The number of aliphatic hydroxyl groups is 1. The second-order valence-corrected chi connectivity index (χ2v) is 5.20. The standard InChI is InChI=1S/C14H22N2O5/c1-3-4-5-6-11(14(20)21)15-13(19)12-7-10(18)8-16(12)9(2)17/h3,10-12,18H,1,4-8H2,2H3,(H,15,19)(H,20,21)/t10-,11-,12+/m1/s1. The van der Waals surface area contributed by atoms with Crippen LogP contribution < -0.4 is 5.32 Å². The third-order valence-electron chi connectivity index (χ3n) is 3.50. The monoisotopic (exact) mass is 298 g/mol. The number of carboxylic acids is 1. The number of likely N-dealkylation sites (tertiary alicyclic amines) is 1. The van der Waals surface area contributed by atoms with E-state index in [1.165, 1.54) is 11.8 Å². The predicted octanol–water partition coefficient (Wildman–Crippen LogP) is -0.106. The molecule has 7 heteroatoms. The van der Waals surface area contributed by atoms with Gasteiger partial charge in [-0.05, 0) is 19.3 Å². The van der Waals surface area contributed by atoms with Crippen LogP contribution in [0, 0.1) is 0 Å². The molecular formula is C14H22N2O5. The van der Waals surface area contributed by atoms with Crippen LogP contribution in [0.3, 0.4) is 0 Å². The van der Waals surface area contributed by atoms with Gasteiger partial charge in [-0.15, -0.1) is 6.58 Å². The molecule has 0 spiro atoms. The highest BCUT2D eigenvalue weighted by Crippen LogP contribution is 2.18. The lowest BCUT2D eigenvalue weighted by atomic mass is 10.1. The maximum Gasteiger partial charge on any atom is 0.326 e. The quantitative estimate of drug-likeness (QED) is 0.449. The summed E-state index contributed by atoms with van der Waals surface area (Å²) in [7, 11) is 0. The van der Waals surface area contributed by atoms with Crippen LogP contribution >= 0.6 is 0 Å². The molecule has 0 aromatic heterocycles. The number of hydrogen-bond acceptors (Lipinski definition) is 4. The Bertz CT molecular complexity index is 424. The molecule has 0 bridgehead atoms. The Morgan fingerprint density at radius 2 is 2.14 bits per heavy atom. The maximum atomic E-state index is 12.2. The van der Waals surface area contributed by atoms with Crippen molar-refractivity contribution in [1.82, 2.24) is 10.2 Å². The largest absolute Gasteiger partial charge is 0.480 e. The molecule has 1 heterocycles. The second kappa shape index (κ2) is 7.78. The zero-order valence-electron chi connectivity index (χ0n) is 12.1. The molecular weight excluding hydrogens is 276 g/mol. The Kier molecular flexibility index (Phi) is 6.36. The molecule has 0 aromatic rings. The molecule has 0 aliphatic carbocycles. The van der Waals surface area contributed by atoms with E-state index in [0.29, 0.717) is 19.3 Å². The van der Waals surface area contributed by atoms with Gasteiger partial charge in [0.1, 0.15) is 12.1 Å². The molecule has 3 atom stereocenters. The van der Waals surface area contributed by atoms with E-state index in [0.717, 1.165) is 0 Å². The smallest absolute Gasteiger partial charge is 0.326 e. The molecule has 1 rings (SSSR count). The SMILES string of the molecule is C=CCCC[C@@H](NC(=O)[C@@H]1C[C@@H](O)CN1C(C)=O)C(=O)O. The molecule has 1 aliphatic rings. The van der Waals surface area contributed by atoms with Gasteiger partial charge in [-0.1, -0.05) is 6.08 Å². The summed E-state index contributed by atoms with van der Waals surface area (Å²) in [4.78, 5) is 36.0. The van der Waals surface area contributed by atoms with Crippen molar-refractivity contribution in [3.63, 3.8) is 0 Å². The molecule has 1 saturated heterocycles. The van der Waals surface area contributed by atoms with Crippen molar-refractivity contribution in [2.75, 3.05) is 6.54 Å². The number of aliphatic hydroxyl groups excluding tert-OH is 1. The summed E-state index contributed by atoms with van der Waals surface area (Å²) < 4.78 is 0. The van der Waals surface area contributed by atoms with Gasteiger partial charge in [-0.3, -0.25) is 9.59 Å². The van der Waals surface area contributed by atoms with E-state index in [-0.39, 0.29) is 18.9 Å². The molecule has 7 nitrogen and oxygen atoms in total. The molecule has 1 fully saturated rings. The van der Waals surface area contributed by atoms with Crippen LogP contribution in [0.4, 0.5) is 0 Å². The highest BCUT2D eigenvalue weighted by atomic mass is 16.4. The lowest BCUT2D eigenvalue weighted by Crippen LogP contribution is -2.50. The van der Waals surface area contributed by atoms with Crippen molar-refractivity contribution in [2.24, 2.45) is 0 Å². The van der Waals surface area contributed by atoms with Gasteiger partial charge in [-0.2, -0.15) is 0 Å². The summed E-state index contributed by atoms with van der Waals surface area (Å²) >= 11 is 0. The van der Waals surface area contributed by atoms with Gasteiger partial charge in [-0.25, -0.2) is 4.79 Å². The number of β-amino-alcohol motifs (C(OH)–C–C–N with tert-alkyl or cyclic N) is 1. The Balaban J connectivity index is 2.65. The fraction of sp³-hybridized carbons (Fsp3) is 0.643. The Morgan fingerprint density at radius 3 is 2.67 bits per heavy atom. The first-order chi connectivity index (χ1) is 9.86. The number of carboxylic acid groups (broad SMARTS) is 1. The van der Waals surface area contributed by atoms with Crippen LogP contribution in [-0.2, 0) is 14.4 Å². The first-order valence-electron chi connectivity index (χ1n) is 6.96. The van der Waals surface area contributed by atoms with Gasteiger partial charge in [0.15, 0.2) is 0 Å². The van der Waals surface area contributed by atoms with Crippen molar-refractivity contribution >= 4 is 17.8 Å². The number of rotatable bonds is 7. The lowest BCUT2D eigenvalue weighted by molar-refractivity contribution is -0.143. The van der Waals surface area contributed by atoms with Gasteiger partial charge < -0.3 is 20.4 Å². The Morgan fingerprint density at radius 1 is 1.48 bits per heavy atom. The molecule has 0 radical (unpaired) electrons. The molecule has 0 aromatic carbocycles. The average Bonchev–Trinajstić information content (AvgIpc) is 2.80. The van der Waals surface area contributed by atoms with E-state index in [4.69, 9.17) is 5.11 Å². The zero-order chi connectivity index (χ0) is 16.0. The van der Waals surface area contributed by atoms with Crippen LogP contribution in [0.25, 0.3) is 0 Å². The van der Waals surface area contributed by atoms with E-state index >= 15 is 0 Å². The normalized spacial score (nSPS) is 22.7. The molecule has 0 saturated carbocycles. The average molecular weight is 298 g/mol. The summed E-state index contributed by atoms with van der Waals surface area (Å²) in [6.07, 6.45) is 2.62. The van der Waals surface area contributed by atoms with E-state index in [1.807, 2.05) is 0 Å². The van der Waals surface area contributed by atoms with Crippen LogP contribution in [0.1, 0.15) is 32.6 Å². The minimum Gasteiger partial charge on any atom is -0.480 e. The maximum absolute atomic E-state index is 12.2. The number of nitrogens with zero attached hydrogens (tertiary/aromatic N) is 1. The van der Waals surface area contributed by atoms with Gasteiger partial charge in [0.25, 0.3) is 0 Å². The van der Waals surface area contributed by atoms with E-state index in [1.54, 1.807) is 6.08 Å². The highest BCUT2D eigenvalue weighted by molar-refractivity contribution is 5.90. The molecule has 0 unspecified atom stereocenters. The lowest BCUT2D eigenvalue weighted by Gasteiger charge is -2.24. The molecule has 118 valence electrons. The molecule has 21 heavy (non-hydrogen) atoms. The zero-order valence-corrected chi connectivity index (χ0v) is 12.1. The second-order valence-electron chi connectivity index (χ2n) is 5.20. The Hall–Kier alpha value is -1.89. The van der Waals surface area contributed by atoms with Crippen molar-refractivity contribution in [1.29, 1.82) is 0 Å². The topological polar surface area (TPSA) is 107 Å². The number of hydrogen-bond donors (Lipinski definition) is 3. The van der Waals surface area contributed by atoms with Crippen molar-refractivity contribution in [2.45, 2.75) is 50.8 Å². The Labute approximate surface area is 123 Å². The van der Waals surface area contributed by atoms with Crippen molar-refractivity contribution in [3.05, 3.63) is 12.7 Å². The van der Waals surface area contributed by atoms with Gasteiger partial charge >= 0.3 is 5.97 Å². The van der Waals surface area contributed by atoms with Gasteiger partial charge in [0.2, 0.25) is 11.8 Å². The number of carbonyl (C=O) groups is 3. The van der Waals surface area contributed by atoms with E-state index in [9.17, 15) is 19.5 Å². The summed E-state index contributed by atoms with van der Waals surface area (Å²) in [6.45, 7) is 4.97. The highest BCUT2D eigenvalue weighted by Gasteiger charge is 2.38. The number of aliphatic carboxylic acids is 1.